The van der Waals surface area contributed by atoms with Crippen LogP contribution in [0.15, 0.2) is 77.4 Å². The lowest BCUT2D eigenvalue weighted by Crippen LogP contribution is -2.46. The summed E-state index contributed by atoms with van der Waals surface area (Å²) in [6.45, 7) is 1.41. The summed E-state index contributed by atoms with van der Waals surface area (Å²) in [5.74, 6) is 0.398. The Hall–Kier alpha value is -3.05. The Morgan fingerprint density at radius 2 is 1.80 bits per heavy atom. The van der Waals surface area contributed by atoms with Crippen molar-refractivity contribution in [3.05, 3.63) is 89.3 Å². The molecule has 1 aromatic heterocycles. The molecule has 0 aliphatic carbocycles. The van der Waals surface area contributed by atoms with Gasteiger partial charge in [-0.15, -0.1) is 0 Å². The van der Waals surface area contributed by atoms with Crippen molar-refractivity contribution < 1.29 is 14.0 Å². The Balaban J connectivity index is 1.52. The third-order valence-electron chi connectivity index (χ3n) is 5.38. The van der Waals surface area contributed by atoms with Crippen LogP contribution in [0.4, 0.5) is 5.69 Å². The first-order chi connectivity index (χ1) is 14.6. The molecule has 1 saturated heterocycles. The molecular formula is C24H23ClN2O3. The number of carbonyl (C=O) groups excluding carboxylic acids is 2. The minimum absolute atomic E-state index is 0.00575. The number of para-hydroxylation sites is 1. The molecule has 1 aliphatic heterocycles. The molecule has 4 rings (SSSR count). The summed E-state index contributed by atoms with van der Waals surface area (Å²) < 4.78 is 5.48. The molecule has 154 valence electrons. The summed E-state index contributed by atoms with van der Waals surface area (Å²) in [5, 5.41) is 0.592. The molecule has 1 fully saturated rings. The molecule has 1 aliphatic rings. The highest BCUT2D eigenvalue weighted by molar-refractivity contribution is 6.30. The van der Waals surface area contributed by atoms with Gasteiger partial charge in [-0.05, 0) is 61.4 Å². The van der Waals surface area contributed by atoms with Gasteiger partial charge in [-0.3, -0.25) is 9.59 Å². The molecule has 6 heteroatoms. The third kappa shape index (κ3) is 4.57. The summed E-state index contributed by atoms with van der Waals surface area (Å²) in [5.41, 5.74) is 1.41. The molecule has 1 unspecified atom stereocenters. The van der Waals surface area contributed by atoms with Crippen LogP contribution >= 0.6 is 11.6 Å². The highest BCUT2D eigenvalue weighted by atomic mass is 35.5. The van der Waals surface area contributed by atoms with Crippen molar-refractivity contribution in [1.82, 2.24) is 4.90 Å². The van der Waals surface area contributed by atoms with E-state index >= 15 is 0 Å². The third-order valence-corrected chi connectivity index (χ3v) is 5.63. The van der Waals surface area contributed by atoms with Gasteiger partial charge in [0.25, 0.3) is 5.91 Å². The van der Waals surface area contributed by atoms with Crippen molar-refractivity contribution in [2.24, 2.45) is 5.92 Å². The van der Waals surface area contributed by atoms with Gasteiger partial charge >= 0.3 is 0 Å². The molecule has 0 N–H and O–H groups in total. The quantitative estimate of drug-likeness (QED) is 0.580. The maximum absolute atomic E-state index is 13.5. The lowest BCUT2D eigenvalue weighted by molar-refractivity contribution is -0.123. The standard InChI is InChI=1S/C24H23ClN2O3/c25-20-12-10-18(11-13-20)23(28)26-14-4-6-19(16-26)24(29)27(17-22-9-5-15-30-22)21-7-2-1-3-8-21/h1-3,5,7-13,15,19H,4,6,14,16-17H2. The van der Waals surface area contributed by atoms with Crippen LogP contribution in [0.3, 0.4) is 0 Å². The van der Waals surface area contributed by atoms with Gasteiger partial charge < -0.3 is 14.2 Å². The largest absolute Gasteiger partial charge is 0.467 e. The fourth-order valence-corrected chi connectivity index (χ4v) is 3.95. The van der Waals surface area contributed by atoms with Crippen LogP contribution < -0.4 is 4.90 Å². The number of rotatable bonds is 5. The van der Waals surface area contributed by atoms with Crippen molar-refractivity contribution in [2.45, 2.75) is 19.4 Å². The predicted molar refractivity (Wildman–Crippen MR) is 116 cm³/mol. The van der Waals surface area contributed by atoms with Crippen LogP contribution in [0.1, 0.15) is 29.0 Å². The van der Waals surface area contributed by atoms with Crippen LogP contribution in [-0.4, -0.2) is 29.8 Å². The van der Waals surface area contributed by atoms with E-state index in [1.54, 1.807) is 40.3 Å². The van der Waals surface area contributed by atoms with E-state index in [1.165, 1.54) is 0 Å². The van der Waals surface area contributed by atoms with Crippen molar-refractivity contribution >= 4 is 29.1 Å². The zero-order chi connectivity index (χ0) is 20.9. The zero-order valence-electron chi connectivity index (χ0n) is 16.5. The Morgan fingerprint density at radius 1 is 1.03 bits per heavy atom. The molecular weight excluding hydrogens is 400 g/mol. The smallest absolute Gasteiger partial charge is 0.253 e. The lowest BCUT2D eigenvalue weighted by Gasteiger charge is -2.35. The summed E-state index contributed by atoms with van der Waals surface area (Å²) >= 11 is 5.94. The van der Waals surface area contributed by atoms with Crippen LogP contribution in [0, 0.1) is 5.92 Å². The summed E-state index contributed by atoms with van der Waals surface area (Å²) in [7, 11) is 0. The molecule has 2 aromatic carbocycles. The molecule has 2 amide bonds. The predicted octanol–water partition coefficient (Wildman–Crippen LogP) is 5.02. The Morgan fingerprint density at radius 3 is 2.50 bits per heavy atom. The van der Waals surface area contributed by atoms with Gasteiger partial charge in [0.05, 0.1) is 18.7 Å². The fraction of sp³-hybridized carbons (Fsp3) is 0.250. The molecule has 5 nitrogen and oxygen atoms in total. The van der Waals surface area contributed by atoms with E-state index in [4.69, 9.17) is 16.0 Å². The average Bonchev–Trinajstić information content (AvgIpc) is 3.31. The fourth-order valence-electron chi connectivity index (χ4n) is 3.82. The SMILES string of the molecule is O=C(c1ccc(Cl)cc1)N1CCCC(C(=O)N(Cc2ccco2)c2ccccc2)C1. The maximum atomic E-state index is 13.5. The molecule has 3 aromatic rings. The first kappa shape index (κ1) is 20.2. The molecule has 1 atom stereocenters. The van der Waals surface area contributed by atoms with Crippen molar-refractivity contribution in [1.29, 1.82) is 0 Å². The number of anilines is 1. The normalized spacial score (nSPS) is 16.3. The number of hydrogen-bond acceptors (Lipinski definition) is 3. The maximum Gasteiger partial charge on any atom is 0.253 e. The van der Waals surface area contributed by atoms with Crippen molar-refractivity contribution in [3.63, 3.8) is 0 Å². The molecule has 0 saturated carbocycles. The van der Waals surface area contributed by atoms with Gasteiger partial charge in [-0.1, -0.05) is 29.8 Å². The van der Waals surface area contributed by atoms with E-state index < -0.39 is 0 Å². The number of carbonyl (C=O) groups is 2. The second-order valence-corrected chi connectivity index (χ2v) is 7.87. The van der Waals surface area contributed by atoms with Crippen LogP contribution in [0.5, 0.6) is 0 Å². The second kappa shape index (κ2) is 9.18. The number of furan rings is 1. The molecule has 2 heterocycles. The number of nitrogens with zero attached hydrogens (tertiary/aromatic N) is 2. The average molecular weight is 423 g/mol. The van der Waals surface area contributed by atoms with Gasteiger partial charge in [0.15, 0.2) is 0 Å². The number of piperidine rings is 1. The topological polar surface area (TPSA) is 53.8 Å². The molecule has 30 heavy (non-hydrogen) atoms. The van der Waals surface area contributed by atoms with E-state index in [0.29, 0.717) is 30.2 Å². The van der Waals surface area contributed by atoms with E-state index in [-0.39, 0.29) is 17.7 Å². The van der Waals surface area contributed by atoms with Crippen LogP contribution in [-0.2, 0) is 11.3 Å². The van der Waals surface area contributed by atoms with E-state index in [2.05, 4.69) is 0 Å². The second-order valence-electron chi connectivity index (χ2n) is 7.44. The van der Waals surface area contributed by atoms with Gasteiger partial charge in [-0.2, -0.15) is 0 Å². The molecule has 0 radical (unpaired) electrons. The first-order valence-electron chi connectivity index (χ1n) is 10.1. The highest BCUT2D eigenvalue weighted by Gasteiger charge is 2.32. The van der Waals surface area contributed by atoms with Gasteiger partial charge in [0.1, 0.15) is 5.76 Å². The molecule has 0 bridgehead atoms. The highest BCUT2D eigenvalue weighted by Crippen LogP contribution is 2.26. The lowest BCUT2D eigenvalue weighted by atomic mass is 9.95. The molecule has 0 spiro atoms. The van der Waals surface area contributed by atoms with Gasteiger partial charge in [-0.25, -0.2) is 0 Å². The minimum atomic E-state index is -0.259. The summed E-state index contributed by atoms with van der Waals surface area (Å²) in [6, 6.07) is 20.1. The van der Waals surface area contributed by atoms with Crippen molar-refractivity contribution in [3.8, 4) is 0 Å². The minimum Gasteiger partial charge on any atom is -0.467 e. The van der Waals surface area contributed by atoms with Gasteiger partial charge in [0, 0.05) is 29.4 Å². The summed E-state index contributed by atoms with van der Waals surface area (Å²) in [6.07, 6.45) is 3.15. The first-order valence-corrected chi connectivity index (χ1v) is 10.4. The number of halogens is 1. The van der Waals surface area contributed by atoms with Crippen molar-refractivity contribution in [2.75, 3.05) is 18.0 Å². The van der Waals surface area contributed by atoms with Crippen LogP contribution in [0.2, 0.25) is 5.02 Å². The summed E-state index contributed by atoms with van der Waals surface area (Å²) in [4.78, 5) is 29.9. The van der Waals surface area contributed by atoms with Gasteiger partial charge in [0.2, 0.25) is 5.91 Å². The Kier molecular flexibility index (Phi) is 6.19. The number of amides is 2. The number of likely N-dealkylation sites (tertiary alicyclic amines) is 1. The monoisotopic (exact) mass is 422 g/mol. The number of benzene rings is 2. The van der Waals surface area contributed by atoms with E-state index in [1.807, 2.05) is 42.5 Å². The Labute approximate surface area is 180 Å². The zero-order valence-corrected chi connectivity index (χ0v) is 17.3. The number of hydrogen-bond donors (Lipinski definition) is 0. The van der Waals surface area contributed by atoms with E-state index in [9.17, 15) is 9.59 Å². The Bertz CT molecular complexity index is 987. The van der Waals surface area contributed by atoms with Crippen LogP contribution in [0.25, 0.3) is 0 Å². The van der Waals surface area contributed by atoms with E-state index in [0.717, 1.165) is 24.3 Å².